The van der Waals surface area contributed by atoms with Gasteiger partial charge < -0.3 is 30.8 Å². The zero-order valence-electron chi connectivity index (χ0n) is 39.2. The maximum absolute atomic E-state index is 12.3. The van der Waals surface area contributed by atoms with Crippen LogP contribution < -0.4 is 11.5 Å². The van der Waals surface area contributed by atoms with Gasteiger partial charge in [0.2, 0.25) is 0 Å². The number of aliphatic hydroxyl groups is 1. The average molecular weight is 899 g/mol. The molecular formula is C50H94N2O7S2. The second kappa shape index (κ2) is 46.8. The van der Waals surface area contributed by atoms with E-state index in [2.05, 4.69) is 49.8 Å². The number of esters is 1. The standard InChI is InChI=1S/C44H86N2O4.C6H8O3S2/c1-3-5-7-9-11-13-15-17-19-21-23-25-27-29-31-33-38-48-40-42(41-50-44(47)43(46)36-35-37-45)49-39-34-32-30-28-26-24-22-20-18-16-14-12-10-8-6-4-2;7-3-1-2-4(8)6(11-10)5(3)9/h17-20,42-43H,3-16,21-41,45-46H2,1-2H3;5-6,9-10H,1-2H2/b19-17-,20-18-;/t42-,43+;/m1./s1. The van der Waals surface area contributed by atoms with Crippen molar-refractivity contribution in [2.75, 3.05) is 33.0 Å². The van der Waals surface area contributed by atoms with Crippen LogP contribution in [0.25, 0.3) is 0 Å². The van der Waals surface area contributed by atoms with Crippen LogP contribution in [0.3, 0.4) is 0 Å². The fourth-order valence-electron chi connectivity index (χ4n) is 7.15. The second-order valence-corrected chi connectivity index (χ2v) is 18.4. The van der Waals surface area contributed by atoms with E-state index >= 15 is 0 Å². The number of unbranched alkanes of at least 4 members (excludes halogenated alkanes) is 24. The summed E-state index contributed by atoms with van der Waals surface area (Å²) >= 11 is 3.81. The Bertz CT molecular complexity index is 1060. The summed E-state index contributed by atoms with van der Waals surface area (Å²) in [6.07, 6.45) is 46.0. The molecule has 0 aliphatic heterocycles. The topological polar surface area (TPSA) is 151 Å². The van der Waals surface area contributed by atoms with Crippen LogP contribution in [-0.2, 0) is 28.6 Å². The first-order chi connectivity index (χ1) is 29.8. The van der Waals surface area contributed by atoms with E-state index in [0.717, 1.165) is 30.2 Å². The van der Waals surface area contributed by atoms with Crippen LogP contribution in [0.5, 0.6) is 0 Å². The van der Waals surface area contributed by atoms with E-state index in [4.69, 9.17) is 30.8 Å². The summed E-state index contributed by atoms with van der Waals surface area (Å²) < 4.78 is 17.6. The van der Waals surface area contributed by atoms with E-state index in [-0.39, 0.29) is 43.1 Å². The van der Waals surface area contributed by atoms with Crippen LogP contribution >= 0.6 is 22.5 Å². The van der Waals surface area contributed by atoms with Crippen molar-refractivity contribution in [2.24, 2.45) is 11.5 Å². The number of nitrogens with two attached hydrogens (primary N) is 2. The first-order valence-corrected chi connectivity index (χ1v) is 26.9. The van der Waals surface area contributed by atoms with Crippen molar-refractivity contribution in [3.8, 4) is 0 Å². The maximum Gasteiger partial charge on any atom is 0.323 e. The van der Waals surface area contributed by atoms with Crippen molar-refractivity contribution in [3.63, 3.8) is 0 Å². The Labute approximate surface area is 383 Å². The third kappa shape index (κ3) is 38.9. The van der Waals surface area contributed by atoms with E-state index in [1.54, 1.807) is 0 Å². The number of carbonyl (C=O) groups is 3. The maximum atomic E-state index is 12.3. The van der Waals surface area contributed by atoms with Crippen molar-refractivity contribution >= 4 is 40.0 Å². The number of Topliss-reactive ketones (excluding diaryl/α,β-unsaturated/α-hetero) is 2. The molecule has 2 unspecified atom stereocenters. The molecule has 0 spiro atoms. The summed E-state index contributed by atoms with van der Waals surface area (Å²) in [5, 5.41) is 8.51. The highest BCUT2D eigenvalue weighted by molar-refractivity contribution is 8.69. The monoisotopic (exact) mass is 899 g/mol. The van der Waals surface area contributed by atoms with Gasteiger partial charge in [-0.05, 0) is 83.6 Å². The third-order valence-corrected chi connectivity index (χ3v) is 12.6. The number of carbonyl (C=O) groups excluding carboxylic acids is 3. The molecule has 358 valence electrons. The van der Waals surface area contributed by atoms with E-state index in [0.29, 0.717) is 32.6 Å². The minimum atomic E-state index is -1.14. The quantitative estimate of drug-likeness (QED) is 0.0153. The summed E-state index contributed by atoms with van der Waals surface area (Å²) in [6.45, 7) is 7.10. The molecule has 5 N–H and O–H groups in total. The lowest BCUT2D eigenvalue weighted by Gasteiger charge is -2.22. The van der Waals surface area contributed by atoms with Crippen LogP contribution in [0.15, 0.2) is 24.3 Å². The fourth-order valence-corrected chi connectivity index (χ4v) is 8.35. The average Bonchev–Trinajstić information content (AvgIpc) is 3.26. The smallest absolute Gasteiger partial charge is 0.323 e. The largest absolute Gasteiger partial charge is 0.462 e. The van der Waals surface area contributed by atoms with Gasteiger partial charge in [-0.25, -0.2) is 0 Å². The van der Waals surface area contributed by atoms with Gasteiger partial charge in [-0.1, -0.05) is 165 Å². The first-order valence-electron chi connectivity index (χ1n) is 25.0. The van der Waals surface area contributed by atoms with E-state index in [1.807, 2.05) is 0 Å². The predicted molar refractivity (Wildman–Crippen MR) is 262 cm³/mol. The van der Waals surface area contributed by atoms with Gasteiger partial charge in [-0.15, -0.1) is 11.7 Å². The van der Waals surface area contributed by atoms with Crippen LogP contribution in [0, 0.1) is 0 Å². The van der Waals surface area contributed by atoms with Crippen molar-refractivity contribution in [1.29, 1.82) is 0 Å². The highest BCUT2D eigenvalue weighted by Gasteiger charge is 2.36. The zero-order valence-corrected chi connectivity index (χ0v) is 40.9. The molecule has 1 rings (SSSR count). The minimum Gasteiger partial charge on any atom is -0.462 e. The number of hydrogen-bond donors (Lipinski definition) is 4. The lowest BCUT2D eigenvalue weighted by Crippen LogP contribution is -2.41. The molecule has 0 saturated heterocycles. The van der Waals surface area contributed by atoms with Crippen molar-refractivity contribution in [2.45, 2.75) is 243 Å². The van der Waals surface area contributed by atoms with Gasteiger partial charge in [0.25, 0.3) is 0 Å². The van der Waals surface area contributed by atoms with E-state index < -0.39 is 17.4 Å². The molecule has 0 amide bonds. The molecule has 1 fully saturated rings. The summed E-state index contributed by atoms with van der Waals surface area (Å²) in [5.41, 5.74) is 11.5. The molecule has 1 aliphatic rings. The Morgan fingerprint density at radius 1 is 0.656 bits per heavy atom. The zero-order chi connectivity index (χ0) is 44.9. The molecule has 0 aromatic rings. The van der Waals surface area contributed by atoms with Crippen molar-refractivity contribution in [1.82, 2.24) is 0 Å². The number of rotatable bonds is 42. The fraction of sp³-hybridized carbons (Fsp3) is 0.860. The number of ether oxygens (including phenoxy) is 3. The molecule has 0 aromatic carbocycles. The molecule has 0 radical (unpaired) electrons. The molecule has 0 aromatic heterocycles. The van der Waals surface area contributed by atoms with Gasteiger partial charge in [0, 0.05) is 26.1 Å². The molecule has 1 aliphatic carbocycles. The van der Waals surface area contributed by atoms with Gasteiger partial charge >= 0.3 is 5.97 Å². The molecule has 1 saturated carbocycles. The highest BCUT2D eigenvalue weighted by Crippen LogP contribution is 2.26. The molecule has 0 heterocycles. The SMILES string of the molecule is CCCCCCCC/C=C\CCCCCCCCOC[C@H](COC(=O)[C@@H](N)CCCN)OCCCCCCCC/C=C\CCCCCCCC.O=C1CCC(=O)C(SS)C1O. The Kier molecular flexibility index (Phi) is 45.8. The van der Waals surface area contributed by atoms with E-state index in [1.165, 1.54) is 167 Å². The normalized spacial score (nSPS) is 16.6. The van der Waals surface area contributed by atoms with E-state index in [9.17, 15) is 14.4 Å². The lowest BCUT2D eigenvalue weighted by atomic mass is 9.95. The summed E-state index contributed by atoms with van der Waals surface area (Å²) in [7, 11) is 0.940. The number of ketones is 2. The third-order valence-electron chi connectivity index (χ3n) is 11.2. The van der Waals surface area contributed by atoms with Gasteiger partial charge in [0.1, 0.15) is 35.9 Å². The molecule has 0 bridgehead atoms. The number of allylic oxidation sites excluding steroid dienone is 4. The first kappa shape index (κ1) is 59.8. The number of hydrogen-bond acceptors (Lipinski definition) is 11. The summed E-state index contributed by atoms with van der Waals surface area (Å²) in [5.74, 6) is -0.717. The number of aliphatic hydroxyl groups excluding tert-OH is 1. The van der Waals surface area contributed by atoms with Gasteiger partial charge in [-0.3, -0.25) is 14.4 Å². The summed E-state index contributed by atoms with van der Waals surface area (Å²) in [6, 6.07) is -0.628. The minimum absolute atomic E-state index is 0.0860. The second-order valence-electron chi connectivity index (χ2n) is 17.0. The van der Waals surface area contributed by atoms with Crippen LogP contribution in [0.4, 0.5) is 0 Å². The molecule has 9 nitrogen and oxygen atoms in total. The molecular weight excluding hydrogens is 805 g/mol. The highest BCUT2D eigenvalue weighted by atomic mass is 33.1. The van der Waals surface area contributed by atoms with Gasteiger partial charge in [-0.2, -0.15) is 0 Å². The molecule has 4 atom stereocenters. The molecule has 61 heavy (non-hydrogen) atoms. The van der Waals surface area contributed by atoms with Gasteiger partial charge in [0.15, 0.2) is 5.78 Å². The van der Waals surface area contributed by atoms with Crippen molar-refractivity contribution in [3.05, 3.63) is 24.3 Å². The molecule has 11 heteroatoms. The summed E-state index contributed by atoms with van der Waals surface area (Å²) in [4.78, 5) is 34.2. The van der Waals surface area contributed by atoms with Gasteiger partial charge in [0.05, 0.1) is 6.61 Å². The van der Waals surface area contributed by atoms with Crippen LogP contribution in [-0.4, -0.2) is 79.1 Å². The van der Waals surface area contributed by atoms with Crippen molar-refractivity contribution < 1.29 is 33.7 Å². The Balaban J connectivity index is 0.00000280. The number of thiol groups is 1. The van der Waals surface area contributed by atoms with Crippen LogP contribution in [0.1, 0.15) is 219 Å². The van der Waals surface area contributed by atoms with Crippen LogP contribution in [0.2, 0.25) is 0 Å². The lowest BCUT2D eigenvalue weighted by molar-refractivity contribution is -0.151. The Morgan fingerprint density at radius 2 is 1.08 bits per heavy atom. The Morgan fingerprint density at radius 3 is 1.52 bits per heavy atom. The predicted octanol–water partition coefficient (Wildman–Crippen LogP) is 12.3. The Hall–Kier alpha value is -1.21.